The van der Waals surface area contributed by atoms with E-state index in [-0.39, 0.29) is 0 Å². The molecular weight excluding hydrogens is 336 g/mol. The van der Waals surface area contributed by atoms with Gasteiger partial charge in [-0.05, 0) is 75.3 Å². The Labute approximate surface area is 162 Å². The van der Waals surface area contributed by atoms with Crippen LogP contribution in [0.1, 0.15) is 13.8 Å². The fourth-order valence-corrected chi connectivity index (χ4v) is 2.44. The summed E-state index contributed by atoms with van der Waals surface area (Å²) < 4.78 is 5.58. The van der Waals surface area contributed by atoms with Crippen molar-refractivity contribution < 1.29 is 4.74 Å². The second kappa shape index (κ2) is 12.3. The molecule has 0 heterocycles. The summed E-state index contributed by atoms with van der Waals surface area (Å²) in [5, 5.41) is 3.38. The van der Waals surface area contributed by atoms with E-state index < -0.39 is 0 Å². The van der Waals surface area contributed by atoms with Crippen molar-refractivity contribution in [3.8, 4) is 16.9 Å². The first kappa shape index (κ1) is 22.0. The van der Waals surface area contributed by atoms with Crippen LogP contribution in [0.3, 0.4) is 0 Å². The van der Waals surface area contributed by atoms with Crippen LogP contribution in [-0.2, 0) is 0 Å². The number of anilines is 1. The van der Waals surface area contributed by atoms with Crippen LogP contribution in [0.4, 0.5) is 11.4 Å². The molecule has 0 saturated carbocycles. The molecule has 0 aromatic heterocycles. The van der Waals surface area contributed by atoms with Gasteiger partial charge in [0.15, 0.2) is 0 Å². The lowest BCUT2D eigenvalue weighted by Crippen LogP contribution is -2.02. The first-order valence-electron chi connectivity index (χ1n) is 8.87. The third-order valence-electron chi connectivity index (χ3n) is 3.70. The van der Waals surface area contributed by atoms with Crippen LogP contribution >= 0.6 is 0 Å². The maximum absolute atomic E-state index is 5.58. The summed E-state index contributed by atoms with van der Waals surface area (Å²) in [6.45, 7) is 9.08. The fourth-order valence-electron chi connectivity index (χ4n) is 2.44. The molecule has 0 aliphatic rings. The van der Waals surface area contributed by atoms with Crippen LogP contribution in [0.15, 0.2) is 71.4 Å². The molecule has 0 atom stereocenters. The minimum atomic E-state index is 0.651. The fraction of sp³-hybridized carbons (Fsp3) is 0.227. The number of nitrogens with two attached hydrogens (primary N) is 2. The van der Waals surface area contributed by atoms with E-state index in [1.54, 1.807) is 0 Å². The second-order valence-corrected chi connectivity index (χ2v) is 5.60. The quantitative estimate of drug-likeness (QED) is 0.474. The second-order valence-electron chi connectivity index (χ2n) is 5.60. The number of nitrogens with zero attached hydrogens (tertiary/aromatic N) is 1. The van der Waals surface area contributed by atoms with E-state index in [1.807, 2.05) is 56.3 Å². The lowest BCUT2D eigenvalue weighted by atomic mass is 10.0. The zero-order valence-corrected chi connectivity index (χ0v) is 16.4. The first-order valence-corrected chi connectivity index (χ1v) is 8.87. The van der Waals surface area contributed by atoms with Gasteiger partial charge in [-0.2, -0.15) is 0 Å². The summed E-state index contributed by atoms with van der Waals surface area (Å²) in [7, 11) is 1.50. The van der Waals surface area contributed by atoms with Crippen LogP contribution in [-0.4, -0.2) is 26.9 Å². The summed E-state index contributed by atoms with van der Waals surface area (Å²) >= 11 is 0. The molecule has 0 radical (unpaired) electrons. The van der Waals surface area contributed by atoms with Crippen LogP contribution in [0, 0.1) is 0 Å². The highest BCUT2D eigenvalue weighted by molar-refractivity contribution is 5.77. The molecule has 5 nitrogen and oxygen atoms in total. The van der Waals surface area contributed by atoms with Gasteiger partial charge >= 0.3 is 0 Å². The molecule has 144 valence electrons. The van der Waals surface area contributed by atoms with E-state index in [0.717, 1.165) is 28.3 Å². The monoisotopic (exact) mass is 366 g/mol. The van der Waals surface area contributed by atoms with E-state index in [2.05, 4.69) is 34.9 Å². The van der Waals surface area contributed by atoms with Gasteiger partial charge in [-0.15, -0.1) is 0 Å². The summed E-state index contributed by atoms with van der Waals surface area (Å²) in [5.74, 6) is 0.865. The molecule has 2 aromatic carbocycles. The van der Waals surface area contributed by atoms with Crippen molar-refractivity contribution in [2.24, 2.45) is 16.5 Å². The van der Waals surface area contributed by atoms with Crippen molar-refractivity contribution in [2.45, 2.75) is 13.8 Å². The number of nitrogens with one attached hydrogen (secondary N) is 1. The Bertz CT molecular complexity index is 782. The minimum absolute atomic E-state index is 0.651. The van der Waals surface area contributed by atoms with Gasteiger partial charge in [-0.25, -0.2) is 0 Å². The number of rotatable bonds is 8. The molecular formula is C22H30N4O. The number of ether oxygens (including phenoxy) is 1. The Morgan fingerprint density at radius 3 is 2.59 bits per heavy atom. The SMILES string of the molecule is C=Nc1cc(-c2cccc(OCC)c2)ccc1NC/C(C)=C/C=C\N.CN. The topological polar surface area (TPSA) is 85.7 Å². The molecule has 0 saturated heterocycles. The van der Waals surface area contributed by atoms with E-state index in [9.17, 15) is 0 Å². The highest BCUT2D eigenvalue weighted by Crippen LogP contribution is 2.32. The Hall–Kier alpha value is -3.05. The molecule has 5 N–H and O–H groups in total. The summed E-state index contributed by atoms with van der Waals surface area (Å²) in [6.07, 6.45) is 5.31. The van der Waals surface area contributed by atoms with Gasteiger partial charge in [0, 0.05) is 6.54 Å². The molecule has 0 unspecified atom stereocenters. The molecule has 27 heavy (non-hydrogen) atoms. The highest BCUT2D eigenvalue weighted by Gasteiger charge is 2.05. The number of aliphatic imine (C=N–C) groups is 1. The molecule has 0 bridgehead atoms. The molecule has 0 aliphatic carbocycles. The number of allylic oxidation sites excluding steroid dienone is 2. The maximum atomic E-state index is 5.58. The Balaban J connectivity index is 0.00000176. The van der Waals surface area contributed by atoms with Crippen molar-refractivity contribution in [2.75, 3.05) is 25.5 Å². The lowest BCUT2D eigenvalue weighted by molar-refractivity contribution is 0.340. The molecule has 2 aromatic rings. The van der Waals surface area contributed by atoms with Crippen LogP contribution in [0.2, 0.25) is 0 Å². The van der Waals surface area contributed by atoms with Crippen LogP contribution in [0.5, 0.6) is 5.75 Å². The Kier molecular flexibility index (Phi) is 10.0. The third-order valence-corrected chi connectivity index (χ3v) is 3.70. The average Bonchev–Trinajstić information content (AvgIpc) is 2.72. The maximum Gasteiger partial charge on any atom is 0.119 e. The van der Waals surface area contributed by atoms with Crippen LogP contribution < -0.4 is 21.5 Å². The highest BCUT2D eigenvalue weighted by atomic mass is 16.5. The summed E-state index contributed by atoms with van der Waals surface area (Å²) in [5.41, 5.74) is 15.0. The molecule has 0 amide bonds. The number of benzene rings is 2. The van der Waals surface area contributed by atoms with Crippen molar-refractivity contribution in [3.05, 3.63) is 66.4 Å². The lowest BCUT2D eigenvalue weighted by Gasteiger charge is -2.12. The molecule has 5 heteroatoms. The predicted molar refractivity (Wildman–Crippen MR) is 118 cm³/mol. The van der Waals surface area contributed by atoms with E-state index in [4.69, 9.17) is 10.5 Å². The van der Waals surface area contributed by atoms with Gasteiger partial charge < -0.3 is 21.5 Å². The van der Waals surface area contributed by atoms with Gasteiger partial charge in [0.05, 0.1) is 18.0 Å². The van der Waals surface area contributed by atoms with E-state index in [0.29, 0.717) is 13.2 Å². The van der Waals surface area contributed by atoms with Gasteiger partial charge in [0.25, 0.3) is 0 Å². The first-order chi connectivity index (χ1) is 13.2. The van der Waals surface area contributed by atoms with E-state index >= 15 is 0 Å². The Morgan fingerprint density at radius 1 is 1.19 bits per heavy atom. The van der Waals surface area contributed by atoms with Gasteiger partial charge in [-0.3, -0.25) is 4.99 Å². The number of hydrogen-bond donors (Lipinski definition) is 3. The standard InChI is InChI=1S/C21H25N3O.CH5N/c1-4-25-19-9-5-8-17(13-19)18-10-11-20(21(14-18)23-3)24-15-16(2)7-6-12-22;1-2/h5-14,24H,3-4,15,22H2,1-2H3;2H2,1H3/b12-6-,16-7+;. The largest absolute Gasteiger partial charge is 0.494 e. The van der Waals surface area contributed by atoms with E-state index in [1.165, 1.54) is 18.8 Å². The van der Waals surface area contributed by atoms with Crippen LogP contribution in [0.25, 0.3) is 11.1 Å². The third kappa shape index (κ3) is 6.99. The van der Waals surface area contributed by atoms with Crippen molar-refractivity contribution in [3.63, 3.8) is 0 Å². The van der Waals surface area contributed by atoms with Gasteiger partial charge in [0.2, 0.25) is 0 Å². The predicted octanol–water partition coefficient (Wildman–Crippen LogP) is 4.49. The minimum Gasteiger partial charge on any atom is -0.494 e. The Morgan fingerprint density at radius 2 is 1.93 bits per heavy atom. The van der Waals surface area contributed by atoms with Gasteiger partial charge in [0.1, 0.15) is 5.75 Å². The zero-order valence-electron chi connectivity index (χ0n) is 16.4. The number of hydrogen-bond acceptors (Lipinski definition) is 5. The smallest absolute Gasteiger partial charge is 0.119 e. The molecule has 2 rings (SSSR count). The van der Waals surface area contributed by atoms with Crippen molar-refractivity contribution in [1.29, 1.82) is 0 Å². The summed E-state index contributed by atoms with van der Waals surface area (Å²) in [6, 6.07) is 14.2. The average molecular weight is 367 g/mol. The van der Waals surface area contributed by atoms with Crippen molar-refractivity contribution in [1.82, 2.24) is 0 Å². The van der Waals surface area contributed by atoms with Crippen molar-refractivity contribution >= 4 is 18.1 Å². The zero-order chi connectivity index (χ0) is 20.1. The summed E-state index contributed by atoms with van der Waals surface area (Å²) in [4.78, 5) is 4.16. The van der Waals surface area contributed by atoms with Gasteiger partial charge in [-0.1, -0.05) is 29.8 Å². The normalized spacial score (nSPS) is 10.9. The molecule has 0 fully saturated rings. The molecule has 0 spiro atoms. The molecule has 0 aliphatic heterocycles.